The molecule has 0 aliphatic rings. The van der Waals surface area contributed by atoms with Gasteiger partial charge in [0.1, 0.15) is 12.4 Å². The molecule has 0 fully saturated rings. The number of rotatable bonds is 5. The highest BCUT2D eigenvalue weighted by Gasteiger charge is 2.15. The van der Waals surface area contributed by atoms with E-state index >= 15 is 0 Å². The van der Waals surface area contributed by atoms with E-state index in [1.165, 1.54) is 0 Å². The van der Waals surface area contributed by atoms with Gasteiger partial charge in [0.2, 0.25) is 0 Å². The van der Waals surface area contributed by atoms with Crippen molar-refractivity contribution < 1.29 is 14.7 Å². The summed E-state index contributed by atoms with van der Waals surface area (Å²) in [7, 11) is 0. The summed E-state index contributed by atoms with van der Waals surface area (Å²) in [6.07, 6.45) is 0. The second-order valence-electron chi connectivity index (χ2n) is 5.52. The van der Waals surface area contributed by atoms with Crippen LogP contribution >= 0.6 is 0 Å². The molecule has 0 saturated heterocycles. The van der Waals surface area contributed by atoms with Gasteiger partial charge in [-0.15, -0.1) is 0 Å². The smallest absolute Gasteiger partial charge is 0.175 e. The molecule has 0 saturated carbocycles. The van der Waals surface area contributed by atoms with Crippen molar-refractivity contribution in [1.82, 2.24) is 4.98 Å². The van der Waals surface area contributed by atoms with Gasteiger partial charge >= 0.3 is 0 Å². The number of ether oxygens (including phenoxy) is 2. The molecule has 0 spiro atoms. The normalized spacial score (nSPS) is 12.6. The number of hydrogen-bond donors (Lipinski definition) is 2. The van der Waals surface area contributed by atoms with Gasteiger partial charge in [0.25, 0.3) is 0 Å². The summed E-state index contributed by atoms with van der Waals surface area (Å²) < 4.78 is 11.3. The summed E-state index contributed by atoms with van der Waals surface area (Å²) in [6, 6.07) is 1.76. The number of nitrogens with zero attached hydrogens (tertiary/aromatic N) is 2. The molecule has 0 radical (unpaired) electrons. The maximum atomic E-state index is 8.84. The van der Waals surface area contributed by atoms with Crippen LogP contribution in [0.15, 0.2) is 11.2 Å². The fourth-order valence-corrected chi connectivity index (χ4v) is 1.77. The van der Waals surface area contributed by atoms with Gasteiger partial charge in [0, 0.05) is 11.8 Å². The van der Waals surface area contributed by atoms with E-state index in [-0.39, 0.29) is 11.4 Å². The average Bonchev–Trinajstić information content (AvgIpc) is 2.32. The first-order chi connectivity index (χ1) is 9.24. The zero-order chi connectivity index (χ0) is 15.3. The second kappa shape index (κ2) is 6.56. The lowest BCUT2D eigenvalue weighted by molar-refractivity contribution is -0.0163. The third-order valence-electron chi connectivity index (χ3n) is 2.53. The van der Waals surface area contributed by atoms with E-state index in [1.54, 1.807) is 13.0 Å². The summed E-state index contributed by atoms with van der Waals surface area (Å²) in [6.45, 7) is 10.4. The van der Waals surface area contributed by atoms with Crippen molar-refractivity contribution >= 4 is 5.84 Å². The fraction of sp³-hybridized carbons (Fsp3) is 0.571. The molecule has 0 aliphatic heterocycles. The first-order valence-corrected chi connectivity index (χ1v) is 6.47. The first kappa shape index (κ1) is 16.2. The summed E-state index contributed by atoms with van der Waals surface area (Å²) in [4.78, 5) is 4.29. The number of amidine groups is 1. The minimum absolute atomic E-state index is 0.0123. The Balaban J connectivity index is 2.83. The summed E-state index contributed by atoms with van der Waals surface area (Å²) >= 11 is 0. The lowest BCUT2D eigenvalue weighted by Crippen LogP contribution is -2.23. The molecule has 1 aromatic heterocycles. The maximum Gasteiger partial charge on any atom is 0.175 e. The van der Waals surface area contributed by atoms with Crippen molar-refractivity contribution in [1.29, 1.82) is 0 Å². The SMILES string of the molecule is Cc1cc(OCCOC(C)(C)C)c(/C(N)=N/O)c(C)n1. The Morgan fingerprint density at radius 1 is 1.35 bits per heavy atom. The Bertz CT molecular complexity index is 493. The Morgan fingerprint density at radius 2 is 2.00 bits per heavy atom. The minimum Gasteiger partial charge on any atom is -0.490 e. The number of aromatic nitrogens is 1. The van der Waals surface area contributed by atoms with Crippen LogP contribution < -0.4 is 10.5 Å². The number of hydrogen-bond acceptors (Lipinski definition) is 5. The molecule has 1 rings (SSSR count). The van der Waals surface area contributed by atoms with E-state index in [0.29, 0.717) is 30.2 Å². The van der Waals surface area contributed by atoms with Crippen LogP contribution in [-0.2, 0) is 4.74 Å². The molecular formula is C14H23N3O3. The van der Waals surface area contributed by atoms with Crippen molar-refractivity contribution in [2.75, 3.05) is 13.2 Å². The maximum absolute atomic E-state index is 8.84. The average molecular weight is 281 g/mol. The van der Waals surface area contributed by atoms with Crippen LogP contribution in [0.1, 0.15) is 37.7 Å². The van der Waals surface area contributed by atoms with Crippen molar-refractivity contribution in [2.24, 2.45) is 10.9 Å². The van der Waals surface area contributed by atoms with Crippen molar-refractivity contribution in [3.05, 3.63) is 23.0 Å². The van der Waals surface area contributed by atoms with Crippen molar-refractivity contribution in [3.63, 3.8) is 0 Å². The summed E-state index contributed by atoms with van der Waals surface area (Å²) in [5, 5.41) is 11.9. The van der Waals surface area contributed by atoms with Crippen molar-refractivity contribution in [2.45, 2.75) is 40.2 Å². The van der Waals surface area contributed by atoms with E-state index in [0.717, 1.165) is 5.69 Å². The molecule has 0 amide bonds. The van der Waals surface area contributed by atoms with E-state index in [9.17, 15) is 0 Å². The largest absolute Gasteiger partial charge is 0.490 e. The number of aryl methyl sites for hydroxylation is 2. The zero-order valence-electron chi connectivity index (χ0n) is 12.7. The number of pyridine rings is 1. The lowest BCUT2D eigenvalue weighted by Gasteiger charge is -2.20. The van der Waals surface area contributed by atoms with Crippen LogP contribution in [0.25, 0.3) is 0 Å². The number of nitrogens with two attached hydrogens (primary N) is 1. The lowest BCUT2D eigenvalue weighted by atomic mass is 10.1. The van der Waals surface area contributed by atoms with E-state index in [2.05, 4.69) is 10.1 Å². The molecule has 1 aromatic rings. The molecule has 0 aromatic carbocycles. The third-order valence-corrected chi connectivity index (χ3v) is 2.53. The molecule has 6 heteroatoms. The van der Waals surface area contributed by atoms with Gasteiger partial charge in [-0.25, -0.2) is 0 Å². The highest BCUT2D eigenvalue weighted by atomic mass is 16.5. The van der Waals surface area contributed by atoms with Gasteiger partial charge < -0.3 is 20.4 Å². The number of oxime groups is 1. The van der Waals surface area contributed by atoms with Crippen LogP contribution in [0.5, 0.6) is 5.75 Å². The zero-order valence-corrected chi connectivity index (χ0v) is 12.7. The van der Waals surface area contributed by atoms with Crippen molar-refractivity contribution in [3.8, 4) is 5.75 Å². The van der Waals surface area contributed by atoms with Crippen LogP contribution in [0.4, 0.5) is 0 Å². The van der Waals surface area contributed by atoms with Crippen LogP contribution in [0.3, 0.4) is 0 Å². The topological polar surface area (TPSA) is 90.0 Å². The van der Waals surface area contributed by atoms with Gasteiger partial charge in [0.15, 0.2) is 5.84 Å². The van der Waals surface area contributed by atoms with Gasteiger partial charge in [-0.3, -0.25) is 4.98 Å². The Kier molecular flexibility index (Phi) is 5.33. The standard InChI is InChI=1S/C14H23N3O3/c1-9-8-11(19-6-7-20-14(3,4)5)12(10(2)16-9)13(15)17-18/h8,18H,6-7H2,1-5H3,(H2,15,17). The van der Waals surface area contributed by atoms with E-state index < -0.39 is 0 Å². The highest BCUT2D eigenvalue weighted by molar-refractivity contribution is 6.00. The molecular weight excluding hydrogens is 258 g/mol. The molecule has 3 N–H and O–H groups in total. The molecule has 6 nitrogen and oxygen atoms in total. The Morgan fingerprint density at radius 3 is 2.55 bits per heavy atom. The molecule has 1 heterocycles. The van der Waals surface area contributed by atoms with E-state index in [1.807, 2.05) is 27.7 Å². The third kappa shape index (κ3) is 4.70. The molecule has 0 unspecified atom stereocenters. The van der Waals surface area contributed by atoms with Gasteiger partial charge in [-0.05, 0) is 34.6 Å². The Hall–Kier alpha value is -1.82. The monoisotopic (exact) mass is 281 g/mol. The summed E-state index contributed by atoms with van der Waals surface area (Å²) in [5.41, 5.74) is 7.44. The molecule has 0 bridgehead atoms. The van der Waals surface area contributed by atoms with Crippen LogP contribution in [0.2, 0.25) is 0 Å². The second-order valence-corrected chi connectivity index (χ2v) is 5.52. The Labute approximate surface area is 119 Å². The van der Waals surface area contributed by atoms with Gasteiger partial charge in [-0.2, -0.15) is 0 Å². The quantitative estimate of drug-likeness (QED) is 0.283. The van der Waals surface area contributed by atoms with Crippen LogP contribution in [-0.4, -0.2) is 34.8 Å². The molecule has 0 atom stereocenters. The predicted molar refractivity (Wildman–Crippen MR) is 77.4 cm³/mol. The highest BCUT2D eigenvalue weighted by Crippen LogP contribution is 2.22. The first-order valence-electron chi connectivity index (χ1n) is 6.47. The predicted octanol–water partition coefficient (Wildman–Crippen LogP) is 1.99. The van der Waals surface area contributed by atoms with E-state index in [4.69, 9.17) is 20.4 Å². The minimum atomic E-state index is -0.206. The van der Waals surface area contributed by atoms with Crippen LogP contribution in [0, 0.1) is 13.8 Å². The molecule has 0 aliphatic carbocycles. The molecule has 112 valence electrons. The van der Waals surface area contributed by atoms with Gasteiger partial charge in [-0.1, -0.05) is 5.16 Å². The fourth-order valence-electron chi connectivity index (χ4n) is 1.77. The summed E-state index contributed by atoms with van der Waals surface area (Å²) in [5.74, 6) is 0.532. The van der Waals surface area contributed by atoms with Gasteiger partial charge in [0.05, 0.1) is 23.5 Å². The molecule has 20 heavy (non-hydrogen) atoms.